The van der Waals surface area contributed by atoms with Crippen molar-refractivity contribution in [3.8, 4) is 17.1 Å². The third-order valence-corrected chi connectivity index (χ3v) is 6.74. The van der Waals surface area contributed by atoms with Crippen molar-refractivity contribution < 1.29 is 9.47 Å². The fourth-order valence-corrected chi connectivity index (χ4v) is 4.48. The zero-order chi connectivity index (χ0) is 23.2. The number of nitrogens with zero attached hydrogens (tertiary/aromatic N) is 7. The lowest BCUT2D eigenvalue weighted by Crippen LogP contribution is -2.20. The average molecular weight is 458 g/mol. The van der Waals surface area contributed by atoms with Crippen LogP contribution < -0.4 is 4.74 Å². The van der Waals surface area contributed by atoms with Crippen molar-refractivity contribution in [3.05, 3.63) is 53.5 Å². The SMILES string of the molecule is COc1ccc(-c2nc([C@@H]3CCO[C@H](c4cnn(C5CC5)c4)C3)nc3nc(C)c(C)nc23)cn1. The molecule has 4 aromatic heterocycles. The predicted molar refractivity (Wildman–Crippen MR) is 126 cm³/mol. The lowest BCUT2D eigenvalue weighted by molar-refractivity contribution is 0.00396. The summed E-state index contributed by atoms with van der Waals surface area (Å²) < 4.78 is 13.4. The maximum Gasteiger partial charge on any atom is 0.212 e. The Morgan fingerprint density at radius 2 is 1.85 bits per heavy atom. The number of fused-ring (bicyclic) bond motifs is 1. The molecule has 0 spiro atoms. The molecule has 2 aliphatic rings. The van der Waals surface area contributed by atoms with Gasteiger partial charge in [-0.15, -0.1) is 0 Å². The molecule has 4 aromatic rings. The molecule has 0 amide bonds. The van der Waals surface area contributed by atoms with Crippen molar-refractivity contribution in [1.82, 2.24) is 34.7 Å². The van der Waals surface area contributed by atoms with E-state index in [0.29, 0.717) is 29.7 Å². The van der Waals surface area contributed by atoms with Gasteiger partial charge < -0.3 is 9.47 Å². The van der Waals surface area contributed by atoms with E-state index in [1.807, 2.05) is 32.2 Å². The van der Waals surface area contributed by atoms with Crippen molar-refractivity contribution in [2.24, 2.45) is 0 Å². The topological polar surface area (TPSA) is 101 Å². The lowest BCUT2D eigenvalue weighted by Gasteiger charge is -2.28. The molecule has 2 atom stereocenters. The van der Waals surface area contributed by atoms with Gasteiger partial charge in [0.15, 0.2) is 5.65 Å². The van der Waals surface area contributed by atoms with Crippen LogP contribution in [-0.4, -0.2) is 48.4 Å². The number of ether oxygens (including phenoxy) is 2. The van der Waals surface area contributed by atoms with Crippen LogP contribution in [0, 0.1) is 13.8 Å². The Hall–Kier alpha value is -3.46. The summed E-state index contributed by atoms with van der Waals surface area (Å²) in [4.78, 5) is 23.8. The number of rotatable bonds is 5. The minimum atomic E-state index is -0.0116. The highest BCUT2D eigenvalue weighted by Crippen LogP contribution is 2.39. The quantitative estimate of drug-likeness (QED) is 0.438. The summed E-state index contributed by atoms with van der Waals surface area (Å²) in [6, 6.07) is 4.34. The zero-order valence-electron chi connectivity index (χ0n) is 19.6. The largest absolute Gasteiger partial charge is 0.481 e. The van der Waals surface area contributed by atoms with Crippen molar-refractivity contribution in [2.45, 2.75) is 57.6 Å². The van der Waals surface area contributed by atoms with E-state index in [-0.39, 0.29) is 12.0 Å². The Labute approximate surface area is 197 Å². The van der Waals surface area contributed by atoms with Crippen molar-refractivity contribution in [3.63, 3.8) is 0 Å². The van der Waals surface area contributed by atoms with E-state index in [9.17, 15) is 0 Å². The highest BCUT2D eigenvalue weighted by atomic mass is 16.5. The maximum absolute atomic E-state index is 6.13. The Morgan fingerprint density at radius 3 is 2.62 bits per heavy atom. The summed E-state index contributed by atoms with van der Waals surface area (Å²) in [5.74, 6) is 1.49. The molecule has 1 saturated carbocycles. The van der Waals surface area contributed by atoms with Gasteiger partial charge in [-0.2, -0.15) is 5.10 Å². The molecule has 34 heavy (non-hydrogen) atoms. The molecule has 0 unspecified atom stereocenters. The number of aromatic nitrogens is 7. The zero-order valence-corrected chi connectivity index (χ0v) is 19.6. The maximum atomic E-state index is 6.13. The number of pyridine rings is 1. The number of aryl methyl sites for hydroxylation is 2. The normalized spacial score (nSPS) is 20.6. The summed E-state index contributed by atoms with van der Waals surface area (Å²) in [6.07, 6.45) is 9.92. The number of methoxy groups -OCH3 is 1. The van der Waals surface area contributed by atoms with E-state index >= 15 is 0 Å². The molecule has 2 fully saturated rings. The molecule has 0 bridgehead atoms. The second-order valence-electron chi connectivity index (χ2n) is 9.15. The van der Waals surface area contributed by atoms with Crippen molar-refractivity contribution in [1.29, 1.82) is 0 Å². The Bertz CT molecular complexity index is 1350. The first-order valence-electron chi connectivity index (χ1n) is 11.8. The van der Waals surface area contributed by atoms with Gasteiger partial charge in [0.25, 0.3) is 0 Å². The molecule has 0 radical (unpaired) electrons. The first kappa shape index (κ1) is 21.1. The van der Waals surface area contributed by atoms with Crippen molar-refractivity contribution >= 4 is 11.2 Å². The van der Waals surface area contributed by atoms with Crippen LogP contribution in [0.3, 0.4) is 0 Å². The standard InChI is InChI=1S/C25H27N7O2/c1-14-15(2)29-25-23(28-14)22(17-4-7-21(33-3)26-11-17)30-24(31-25)16-8-9-34-20(10-16)18-12-27-32(13-18)19-5-6-19/h4,7,11-13,16,19-20H,5-6,8-10H2,1-3H3/t16-,20+/m1/s1. The van der Waals surface area contributed by atoms with Gasteiger partial charge in [0.05, 0.1) is 36.8 Å². The van der Waals surface area contributed by atoms with Crippen LogP contribution in [0.2, 0.25) is 0 Å². The van der Waals surface area contributed by atoms with Crippen LogP contribution in [0.15, 0.2) is 30.7 Å². The fourth-order valence-electron chi connectivity index (χ4n) is 4.48. The van der Waals surface area contributed by atoms with Gasteiger partial charge in [-0.1, -0.05) is 0 Å². The molecule has 0 N–H and O–H groups in total. The van der Waals surface area contributed by atoms with E-state index in [1.54, 1.807) is 13.3 Å². The van der Waals surface area contributed by atoms with Gasteiger partial charge in [-0.25, -0.2) is 24.9 Å². The van der Waals surface area contributed by atoms with Crippen molar-refractivity contribution in [2.75, 3.05) is 13.7 Å². The van der Waals surface area contributed by atoms with Crippen LogP contribution in [0.1, 0.15) is 66.5 Å². The molecular formula is C25H27N7O2. The van der Waals surface area contributed by atoms with Gasteiger partial charge in [0, 0.05) is 42.1 Å². The van der Waals surface area contributed by atoms with Crippen LogP contribution in [-0.2, 0) is 4.74 Å². The minimum Gasteiger partial charge on any atom is -0.481 e. The lowest BCUT2D eigenvalue weighted by atomic mass is 9.92. The molecule has 174 valence electrons. The summed E-state index contributed by atoms with van der Waals surface area (Å²) in [5, 5.41) is 4.55. The Balaban J connectivity index is 1.38. The molecule has 9 nitrogen and oxygen atoms in total. The second kappa shape index (κ2) is 8.39. The van der Waals surface area contributed by atoms with Crippen LogP contribution in [0.25, 0.3) is 22.4 Å². The Morgan fingerprint density at radius 1 is 1.00 bits per heavy atom. The van der Waals surface area contributed by atoms with Crippen LogP contribution in [0.5, 0.6) is 5.88 Å². The highest BCUT2D eigenvalue weighted by Gasteiger charge is 2.31. The molecule has 1 aliphatic carbocycles. The molecule has 5 heterocycles. The van der Waals surface area contributed by atoms with E-state index in [4.69, 9.17) is 29.4 Å². The number of hydrogen-bond acceptors (Lipinski definition) is 8. The second-order valence-corrected chi connectivity index (χ2v) is 9.15. The van der Waals surface area contributed by atoms with Crippen LogP contribution in [0.4, 0.5) is 0 Å². The fraction of sp³-hybridized carbons (Fsp3) is 0.440. The van der Waals surface area contributed by atoms with Gasteiger partial charge in [-0.3, -0.25) is 4.68 Å². The smallest absolute Gasteiger partial charge is 0.212 e. The van der Waals surface area contributed by atoms with Gasteiger partial charge in [0.2, 0.25) is 5.88 Å². The minimum absolute atomic E-state index is 0.0116. The molecule has 0 aromatic carbocycles. The van der Waals surface area contributed by atoms with E-state index in [1.165, 1.54) is 12.8 Å². The molecule has 6 rings (SSSR count). The summed E-state index contributed by atoms with van der Waals surface area (Å²) >= 11 is 0. The van der Waals surface area contributed by atoms with Gasteiger partial charge in [-0.05, 0) is 45.6 Å². The van der Waals surface area contributed by atoms with Crippen LogP contribution >= 0.6 is 0 Å². The predicted octanol–water partition coefficient (Wildman–Crippen LogP) is 4.27. The van der Waals surface area contributed by atoms with E-state index in [0.717, 1.165) is 46.9 Å². The number of hydrogen-bond donors (Lipinski definition) is 0. The van der Waals surface area contributed by atoms with E-state index in [2.05, 4.69) is 21.0 Å². The molecule has 9 heteroatoms. The summed E-state index contributed by atoms with van der Waals surface area (Å²) in [5.41, 5.74) is 5.77. The van der Waals surface area contributed by atoms with Gasteiger partial charge >= 0.3 is 0 Å². The average Bonchev–Trinajstić information content (AvgIpc) is 3.60. The summed E-state index contributed by atoms with van der Waals surface area (Å²) in [6.45, 7) is 4.57. The molecular weight excluding hydrogens is 430 g/mol. The van der Waals surface area contributed by atoms with Gasteiger partial charge in [0.1, 0.15) is 17.0 Å². The Kier molecular flexibility index (Phi) is 5.21. The van der Waals surface area contributed by atoms with E-state index < -0.39 is 0 Å². The molecule has 1 aliphatic heterocycles. The third-order valence-electron chi connectivity index (χ3n) is 6.74. The first-order valence-corrected chi connectivity index (χ1v) is 11.8. The first-order chi connectivity index (χ1) is 16.6. The highest BCUT2D eigenvalue weighted by molar-refractivity contribution is 5.86. The molecule has 1 saturated heterocycles. The summed E-state index contributed by atoms with van der Waals surface area (Å²) in [7, 11) is 1.60. The monoisotopic (exact) mass is 457 g/mol. The third kappa shape index (κ3) is 3.90.